The van der Waals surface area contributed by atoms with Crippen molar-refractivity contribution in [3.8, 4) is 0 Å². The fraction of sp³-hybridized carbons (Fsp3) is 1.00. The highest BCUT2D eigenvalue weighted by atomic mass is 32.2. The van der Waals surface area contributed by atoms with E-state index in [1.807, 2.05) is 0 Å². The van der Waals surface area contributed by atoms with E-state index in [9.17, 15) is 4.57 Å². The topological polar surface area (TPSA) is 55.8 Å². The van der Waals surface area contributed by atoms with Crippen LogP contribution in [0, 0.1) is 0 Å². The van der Waals surface area contributed by atoms with E-state index in [2.05, 4.69) is 10.9 Å². The van der Waals surface area contributed by atoms with Gasteiger partial charge >= 0.3 is 7.82 Å². The van der Waals surface area contributed by atoms with Crippen LogP contribution in [-0.2, 0) is 13.1 Å². The molecule has 0 rings (SSSR count). The molecular formula is C12H27O4PS. The van der Waals surface area contributed by atoms with Crippen LogP contribution in [0.2, 0.25) is 0 Å². The summed E-state index contributed by atoms with van der Waals surface area (Å²) in [5.41, 5.74) is 0. The van der Waals surface area contributed by atoms with Gasteiger partial charge in [0.15, 0.2) is 0 Å². The number of hydrogen-bond donors (Lipinski definition) is 1. The maximum atomic E-state index is 11.1. The quantitative estimate of drug-likeness (QED) is 0.297. The molecule has 1 unspecified atom stereocenters. The molecule has 0 fully saturated rings. The lowest BCUT2D eigenvalue weighted by atomic mass is 10.1. The molecule has 0 heterocycles. The fourth-order valence-corrected chi connectivity index (χ4v) is 2.99. The van der Waals surface area contributed by atoms with E-state index in [-0.39, 0.29) is 0 Å². The Balaban J connectivity index is 3.18. The second kappa shape index (κ2) is 12.5. The summed E-state index contributed by atoms with van der Waals surface area (Å²) >= 11 is 0.852. The molecule has 0 radical (unpaired) electrons. The smallest absolute Gasteiger partial charge is 0.302 e. The molecule has 0 aromatic carbocycles. The Bertz CT molecular complexity index is 226. The minimum Gasteiger partial charge on any atom is -0.302 e. The molecule has 0 aliphatic heterocycles. The Kier molecular flexibility index (Phi) is 12.8. The summed E-state index contributed by atoms with van der Waals surface area (Å²) in [5, 5.41) is 0. The zero-order valence-electron chi connectivity index (χ0n) is 11.6. The van der Waals surface area contributed by atoms with Gasteiger partial charge in [-0.05, 0) is 6.42 Å². The molecule has 0 bridgehead atoms. The van der Waals surface area contributed by atoms with Crippen LogP contribution in [0.15, 0.2) is 0 Å². The molecule has 110 valence electrons. The van der Waals surface area contributed by atoms with Crippen LogP contribution < -0.4 is 0 Å². The van der Waals surface area contributed by atoms with E-state index in [0.717, 1.165) is 24.9 Å². The van der Waals surface area contributed by atoms with Crippen molar-refractivity contribution in [1.29, 1.82) is 0 Å². The first-order chi connectivity index (χ1) is 8.62. The minimum absolute atomic E-state index is 0.296. The van der Waals surface area contributed by atoms with Crippen molar-refractivity contribution < 1.29 is 18.0 Å². The third-order valence-electron chi connectivity index (χ3n) is 2.67. The standard InChI is InChI=1S/C12H27O4PS/c1-3-4-5-6-7-8-9-10-11-12-15-17(13,14)16-18-2/h3-12H2,1-2H3,(H,13,14). The third-order valence-corrected chi connectivity index (χ3v) is 4.53. The van der Waals surface area contributed by atoms with Crippen molar-refractivity contribution >= 4 is 19.9 Å². The SMILES string of the molecule is CCCCCCCCCCCOP(=O)(O)OSC. The fourth-order valence-electron chi connectivity index (χ4n) is 1.71. The molecule has 0 aromatic rings. The van der Waals surface area contributed by atoms with Gasteiger partial charge in [-0.2, -0.15) is 0 Å². The number of hydrogen-bond acceptors (Lipinski definition) is 4. The predicted octanol–water partition coefficient (Wildman–Crippen LogP) is 4.93. The van der Waals surface area contributed by atoms with Crippen LogP contribution in [0.5, 0.6) is 0 Å². The first-order valence-electron chi connectivity index (χ1n) is 6.82. The van der Waals surface area contributed by atoms with Crippen molar-refractivity contribution in [2.45, 2.75) is 64.7 Å². The first kappa shape index (κ1) is 18.5. The van der Waals surface area contributed by atoms with Crippen molar-refractivity contribution in [2.75, 3.05) is 12.9 Å². The number of rotatable bonds is 13. The molecule has 0 saturated carbocycles. The molecule has 1 N–H and O–H groups in total. The molecule has 0 aromatic heterocycles. The van der Waals surface area contributed by atoms with Gasteiger partial charge < -0.3 is 4.89 Å². The molecular weight excluding hydrogens is 271 g/mol. The average Bonchev–Trinajstić information content (AvgIpc) is 2.31. The predicted molar refractivity (Wildman–Crippen MR) is 77.6 cm³/mol. The van der Waals surface area contributed by atoms with Gasteiger partial charge in [0.1, 0.15) is 0 Å². The highest BCUT2D eigenvalue weighted by Gasteiger charge is 2.19. The molecule has 0 spiro atoms. The van der Waals surface area contributed by atoms with Crippen molar-refractivity contribution in [1.82, 2.24) is 0 Å². The Labute approximate surface area is 116 Å². The van der Waals surface area contributed by atoms with Gasteiger partial charge in [0.05, 0.1) is 6.61 Å². The summed E-state index contributed by atoms with van der Waals surface area (Å²) in [6.45, 7) is 2.52. The maximum absolute atomic E-state index is 11.1. The summed E-state index contributed by atoms with van der Waals surface area (Å²) in [4.78, 5) is 9.13. The van der Waals surface area contributed by atoms with Gasteiger partial charge in [-0.3, -0.25) is 4.52 Å². The highest BCUT2D eigenvalue weighted by molar-refractivity contribution is 7.97. The Morgan fingerprint density at radius 3 is 2.00 bits per heavy atom. The minimum atomic E-state index is -3.80. The summed E-state index contributed by atoms with van der Waals surface area (Å²) in [7, 11) is -3.80. The van der Waals surface area contributed by atoms with Gasteiger partial charge in [-0.25, -0.2) is 8.54 Å². The zero-order valence-corrected chi connectivity index (χ0v) is 13.3. The number of phosphoric acid groups is 1. The van der Waals surface area contributed by atoms with Crippen LogP contribution >= 0.6 is 19.9 Å². The lowest BCUT2D eigenvalue weighted by Gasteiger charge is -2.09. The van der Waals surface area contributed by atoms with Crippen molar-refractivity contribution in [2.24, 2.45) is 0 Å². The number of phosphoric ester groups is 1. The number of unbranched alkanes of at least 4 members (excludes halogenated alkanes) is 8. The van der Waals surface area contributed by atoms with E-state index in [0.29, 0.717) is 6.61 Å². The van der Waals surface area contributed by atoms with Gasteiger partial charge in [0, 0.05) is 18.3 Å². The monoisotopic (exact) mass is 298 g/mol. The van der Waals surface area contributed by atoms with E-state index in [1.54, 1.807) is 6.26 Å². The van der Waals surface area contributed by atoms with Crippen LogP contribution in [0.4, 0.5) is 0 Å². The lowest BCUT2D eigenvalue weighted by Crippen LogP contribution is -1.93. The Morgan fingerprint density at radius 1 is 1.00 bits per heavy atom. The normalized spacial score (nSPS) is 14.6. The lowest BCUT2D eigenvalue weighted by molar-refractivity contribution is 0.207. The van der Waals surface area contributed by atoms with Gasteiger partial charge in [-0.15, -0.1) is 0 Å². The maximum Gasteiger partial charge on any atom is 0.483 e. The molecule has 1 atom stereocenters. The van der Waals surface area contributed by atoms with Gasteiger partial charge in [-0.1, -0.05) is 58.3 Å². The van der Waals surface area contributed by atoms with Crippen LogP contribution in [0.1, 0.15) is 64.7 Å². The van der Waals surface area contributed by atoms with E-state index >= 15 is 0 Å². The second-order valence-corrected chi connectivity index (χ2v) is 6.50. The van der Waals surface area contributed by atoms with Gasteiger partial charge in [0.25, 0.3) is 0 Å². The largest absolute Gasteiger partial charge is 0.483 e. The van der Waals surface area contributed by atoms with E-state index in [4.69, 9.17) is 9.42 Å². The molecule has 4 nitrogen and oxygen atoms in total. The molecule has 0 amide bonds. The third kappa shape index (κ3) is 12.9. The highest BCUT2D eigenvalue weighted by Crippen LogP contribution is 2.46. The summed E-state index contributed by atoms with van der Waals surface area (Å²) in [6.07, 6.45) is 12.5. The molecule has 6 heteroatoms. The summed E-state index contributed by atoms with van der Waals surface area (Å²) in [5.74, 6) is 0. The first-order valence-corrected chi connectivity index (χ1v) is 9.46. The van der Waals surface area contributed by atoms with Crippen LogP contribution in [-0.4, -0.2) is 17.8 Å². The average molecular weight is 298 g/mol. The summed E-state index contributed by atoms with van der Waals surface area (Å²) in [6, 6.07) is 0. The van der Waals surface area contributed by atoms with E-state index < -0.39 is 7.82 Å². The summed E-state index contributed by atoms with van der Waals surface area (Å²) < 4.78 is 20.5. The molecule has 0 aliphatic rings. The zero-order chi connectivity index (χ0) is 13.7. The second-order valence-electron chi connectivity index (χ2n) is 4.37. The molecule has 0 saturated heterocycles. The van der Waals surface area contributed by atoms with Gasteiger partial charge in [0.2, 0.25) is 0 Å². The van der Waals surface area contributed by atoms with Crippen LogP contribution in [0.25, 0.3) is 0 Å². The van der Waals surface area contributed by atoms with Crippen molar-refractivity contribution in [3.63, 3.8) is 0 Å². The molecule has 18 heavy (non-hydrogen) atoms. The van der Waals surface area contributed by atoms with Crippen molar-refractivity contribution in [3.05, 3.63) is 0 Å². The van der Waals surface area contributed by atoms with E-state index in [1.165, 1.54) is 44.9 Å². The Morgan fingerprint density at radius 2 is 1.50 bits per heavy atom. The Hall–Kier alpha value is 0.460. The van der Waals surface area contributed by atoms with Crippen LogP contribution in [0.3, 0.4) is 0 Å². The molecule has 0 aliphatic carbocycles.